The molecule has 0 spiro atoms. The zero-order valence-corrected chi connectivity index (χ0v) is 24.9. The highest BCUT2D eigenvalue weighted by Gasteiger charge is 2.49. The monoisotopic (exact) mass is 653 g/mol. The highest BCUT2D eigenvalue weighted by Crippen LogP contribution is 2.44. The van der Waals surface area contributed by atoms with E-state index in [1.54, 1.807) is 4.57 Å². The summed E-state index contributed by atoms with van der Waals surface area (Å²) < 4.78 is 53.9. The van der Waals surface area contributed by atoms with Crippen LogP contribution < -0.4 is 16.4 Å². The minimum Gasteiger partial charge on any atom is -0.754 e. The first-order chi connectivity index (χ1) is 21.7. The number of rotatable bonds is 12. The minimum atomic E-state index is -5.15. The molecule has 2 aliphatic heterocycles. The largest absolute Gasteiger partial charge is 0.754 e. The van der Waals surface area contributed by atoms with E-state index in [0.717, 1.165) is 0 Å². The third-order valence-electron chi connectivity index (χ3n) is 7.44. The Morgan fingerprint density at radius 1 is 0.844 bits per heavy atom. The normalized spacial score (nSPS) is 30.0. The van der Waals surface area contributed by atoms with Crippen molar-refractivity contribution in [2.75, 3.05) is 46.0 Å². The van der Waals surface area contributed by atoms with Gasteiger partial charge < -0.3 is 49.7 Å². The Labute approximate surface area is 253 Å². The summed E-state index contributed by atoms with van der Waals surface area (Å²) >= 11 is 0. The lowest BCUT2D eigenvalue weighted by atomic mass is 10.1. The fraction of sp³-hybridized carbons (Fsp3) is 0.565. The number of phosphoric acid groups is 1. The Balaban J connectivity index is 1.13. The van der Waals surface area contributed by atoms with E-state index in [2.05, 4.69) is 29.9 Å². The van der Waals surface area contributed by atoms with Crippen LogP contribution in [-0.4, -0.2) is 115 Å². The van der Waals surface area contributed by atoms with E-state index in [0.29, 0.717) is 22.3 Å². The molecular weight excluding hydrogens is 623 g/mol. The smallest absolute Gasteiger partial charge is 0.298 e. The van der Waals surface area contributed by atoms with Crippen LogP contribution in [-0.2, 0) is 42.3 Å². The van der Waals surface area contributed by atoms with Crippen molar-refractivity contribution in [2.45, 2.75) is 49.1 Å². The van der Waals surface area contributed by atoms with E-state index in [1.807, 2.05) is 0 Å². The van der Waals surface area contributed by atoms with Gasteiger partial charge in [0.25, 0.3) is 7.82 Å². The first-order valence-corrected chi connectivity index (χ1v) is 14.8. The summed E-state index contributed by atoms with van der Waals surface area (Å²) in [5.74, 6) is 0.311. The van der Waals surface area contributed by atoms with Gasteiger partial charge in [0.1, 0.15) is 54.2 Å². The number of methoxy groups -OCH3 is 3. The van der Waals surface area contributed by atoms with E-state index in [4.69, 9.17) is 49.2 Å². The number of hydrogen-bond donors (Lipinski definition) is 3. The lowest BCUT2D eigenvalue weighted by Crippen LogP contribution is -2.38. The van der Waals surface area contributed by atoms with Gasteiger partial charge in [-0.3, -0.25) is 13.7 Å². The molecule has 0 bridgehead atoms. The number of phosphoric ester groups is 1. The quantitative estimate of drug-likeness (QED) is 0.0888. The number of fused-ring (bicyclic) bond motifs is 2. The summed E-state index contributed by atoms with van der Waals surface area (Å²) in [4.78, 5) is 42.8. The van der Waals surface area contributed by atoms with Crippen molar-refractivity contribution < 1.29 is 52.3 Å². The van der Waals surface area contributed by atoms with Crippen LogP contribution in [0.5, 0.6) is 0 Å². The van der Waals surface area contributed by atoms with Crippen LogP contribution in [0.3, 0.4) is 0 Å². The maximum Gasteiger partial charge on any atom is 0.298 e. The maximum absolute atomic E-state index is 12.8. The number of nitrogen functional groups attached to an aromatic ring is 2. The molecule has 244 valence electrons. The van der Waals surface area contributed by atoms with Crippen LogP contribution in [0, 0.1) is 0 Å². The Morgan fingerprint density at radius 3 is 1.96 bits per heavy atom. The van der Waals surface area contributed by atoms with Crippen molar-refractivity contribution in [3.05, 3.63) is 25.3 Å². The number of aliphatic hydroxyl groups is 1. The molecule has 0 amide bonds. The van der Waals surface area contributed by atoms with E-state index in [1.165, 1.54) is 51.2 Å². The van der Waals surface area contributed by atoms with Gasteiger partial charge >= 0.3 is 0 Å². The van der Waals surface area contributed by atoms with E-state index >= 15 is 0 Å². The average molecular weight is 654 g/mol. The van der Waals surface area contributed by atoms with Crippen molar-refractivity contribution in [2.24, 2.45) is 0 Å². The Bertz CT molecular complexity index is 1690. The predicted octanol–water partition coefficient (Wildman–Crippen LogP) is -1.54. The standard InChI is InChI=1S/C23H31N10O11P/c1-37-4-11-15(17(39-3)23(42-11)33-9-31-13-19(25)27-7-29-21(13)33)43-44-45(35,36)40-5-10-14(34)16(38-2)22(41-10)32-8-30-12-18(24)26-6-28-20(12)32/h6-11,14-17,22-23,34H,4-5H2,1-3H3,(H,35,36)(H2,24,26,28)(H2,25,27,29)/p-1. The highest BCUT2D eigenvalue weighted by atomic mass is 31.2. The first-order valence-electron chi connectivity index (χ1n) is 13.4. The van der Waals surface area contributed by atoms with Gasteiger partial charge in [0, 0.05) is 21.3 Å². The number of anilines is 2. The van der Waals surface area contributed by atoms with Crippen LogP contribution >= 0.6 is 7.82 Å². The summed E-state index contributed by atoms with van der Waals surface area (Å²) in [6, 6.07) is 0. The third-order valence-corrected chi connectivity index (χ3v) is 8.17. The number of ether oxygens (including phenoxy) is 5. The molecule has 6 heterocycles. The molecule has 21 nitrogen and oxygen atoms in total. The van der Waals surface area contributed by atoms with Crippen molar-refractivity contribution in [3.8, 4) is 0 Å². The van der Waals surface area contributed by atoms with E-state index in [-0.39, 0.29) is 18.2 Å². The summed E-state index contributed by atoms with van der Waals surface area (Å²) in [7, 11) is -0.980. The molecule has 9 atom stereocenters. The molecule has 5 N–H and O–H groups in total. The minimum absolute atomic E-state index is 0.0143. The first kappa shape index (κ1) is 31.5. The molecule has 9 unspecified atom stereocenters. The number of aromatic nitrogens is 8. The molecule has 0 aliphatic carbocycles. The maximum atomic E-state index is 12.8. The van der Waals surface area contributed by atoms with Gasteiger partial charge in [-0.2, -0.15) is 4.67 Å². The number of imidazole rings is 2. The number of aliphatic hydroxyl groups excluding tert-OH is 1. The van der Waals surface area contributed by atoms with Crippen LogP contribution in [0.4, 0.5) is 11.6 Å². The summed E-state index contributed by atoms with van der Waals surface area (Å²) in [5.41, 5.74) is 13.1. The number of nitrogens with zero attached hydrogens (tertiary/aromatic N) is 8. The molecule has 2 saturated heterocycles. The second kappa shape index (κ2) is 12.7. The van der Waals surface area contributed by atoms with Crippen LogP contribution in [0.2, 0.25) is 0 Å². The summed E-state index contributed by atoms with van der Waals surface area (Å²) in [6.45, 7) is -0.661. The summed E-state index contributed by atoms with van der Waals surface area (Å²) in [5, 5.41) is 10.9. The molecular formula is C23H30N10O11P-. The molecule has 22 heteroatoms. The lowest BCUT2D eigenvalue weighted by Gasteiger charge is -2.27. The van der Waals surface area contributed by atoms with Crippen molar-refractivity contribution >= 4 is 41.8 Å². The SMILES string of the molecule is COCC1OC(n2cnc3c(N)ncnc32)C(OC)C1OOP(=O)([O-])OCC1OC(n2cnc3c(N)ncnc32)C(OC)C1O. The number of hydrogen-bond acceptors (Lipinski definition) is 19. The average Bonchev–Trinajstić information content (AvgIpc) is 3.79. The van der Waals surface area contributed by atoms with Gasteiger partial charge in [0.2, 0.25) is 0 Å². The molecule has 4 aromatic heterocycles. The van der Waals surface area contributed by atoms with Gasteiger partial charge in [-0.05, 0) is 0 Å². The molecule has 4 aromatic rings. The molecule has 0 radical (unpaired) electrons. The second-order valence-electron chi connectivity index (χ2n) is 10.0. The Morgan fingerprint density at radius 2 is 1.40 bits per heavy atom. The Hall–Kier alpha value is -3.47. The van der Waals surface area contributed by atoms with Crippen LogP contribution in [0.15, 0.2) is 25.3 Å². The van der Waals surface area contributed by atoms with E-state index < -0.39 is 63.5 Å². The van der Waals surface area contributed by atoms with Crippen LogP contribution in [0.25, 0.3) is 22.3 Å². The van der Waals surface area contributed by atoms with Crippen molar-refractivity contribution in [3.63, 3.8) is 0 Å². The summed E-state index contributed by atoms with van der Waals surface area (Å²) in [6.07, 6.45) is -2.82. The highest BCUT2D eigenvalue weighted by molar-refractivity contribution is 7.45. The van der Waals surface area contributed by atoms with Gasteiger partial charge in [-0.1, -0.05) is 0 Å². The molecule has 2 aliphatic rings. The van der Waals surface area contributed by atoms with Gasteiger partial charge in [0.15, 0.2) is 41.5 Å². The van der Waals surface area contributed by atoms with E-state index in [9.17, 15) is 14.6 Å². The fourth-order valence-electron chi connectivity index (χ4n) is 5.33. The van der Waals surface area contributed by atoms with Crippen molar-refractivity contribution in [1.29, 1.82) is 0 Å². The van der Waals surface area contributed by atoms with Gasteiger partial charge in [0.05, 0.1) is 25.9 Å². The lowest BCUT2D eigenvalue weighted by molar-refractivity contribution is -0.335. The molecule has 6 rings (SSSR count). The third kappa shape index (κ3) is 5.84. The van der Waals surface area contributed by atoms with Crippen LogP contribution in [0.1, 0.15) is 12.5 Å². The topological polar surface area (TPSA) is 273 Å². The zero-order chi connectivity index (χ0) is 31.9. The second-order valence-corrected chi connectivity index (χ2v) is 11.3. The molecule has 0 saturated carbocycles. The Kier molecular flexibility index (Phi) is 8.91. The fourth-order valence-corrected chi connectivity index (χ4v) is 5.91. The van der Waals surface area contributed by atoms with Gasteiger partial charge in [-0.15, -0.1) is 0 Å². The predicted molar refractivity (Wildman–Crippen MR) is 146 cm³/mol. The van der Waals surface area contributed by atoms with Gasteiger partial charge in [-0.25, -0.2) is 34.8 Å². The zero-order valence-electron chi connectivity index (χ0n) is 24.1. The van der Waals surface area contributed by atoms with Crippen molar-refractivity contribution in [1.82, 2.24) is 39.0 Å². The molecule has 45 heavy (non-hydrogen) atoms. The molecule has 0 aromatic carbocycles. The molecule has 2 fully saturated rings. The number of nitrogens with two attached hydrogens (primary N) is 2.